The third kappa shape index (κ3) is 3.46. The van der Waals surface area contributed by atoms with Gasteiger partial charge in [-0.15, -0.1) is 0 Å². The van der Waals surface area contributed by atoms with Gasteiger partial charge < -0.3 is 5.73 Å². The molecule has 2 heteroatoms. The molecule has 0 aliphatic rings. The zero-order valence-corrected chi connectivity index (χ0v) is 9.33. The summed E-state index contributed by atoms with van der Waals surface area (Å²) in [5.41, 5.74) is 7.19. The lowest BCUT2D eigenvalue weighted by atomic mass is 9.83. The first-order valence-corrected chi connectivity index (χ1v) is 5.14. The number of hydrogen-bond acceptors (Lipinski definition) is 2. The van der Waals surface area contributed by atoms with E-state index in [0.29, 0.717) is 17.9 Å². The summed E-state index contributed by atoms with van der Waals surface area (Å²) in [6.07, 6.45) is 2.92. The van der Waals surface area contributed by atoms with Gasteiger partial charge in [0, 0.05) is 24.4 Å². The maximum atomic E-state index is 5.77. The van der Waals surface area contributed by atoms with Crippen molar-refractivity contribution >= 4 is 0 Å². The van der Waals surface area contributed by atoms with E-state index in [0.717, 1.165) is 12.1 Å². The maximum Gasteiger partial charge on any atom is 0.0447 e. The van der Waals surface area contributed by atoms with Gasteiger partial charge in [0.05, 0.1) is 0 Å². The zero-order valence-electron chi connectivity index (χ0n) is 9.33. The van der Waals surface area contributed by atoms with Gasteiger partial charge in [-0.1, -0.05) is 26.8 Å². The van der Waals surface area contributed by atoms with Crippen LogP contribution in [0.25, 0.3) is 0 Å². The summed E-state index contributed by atoms with van der Waals surface area (Å²) in [4.78, 5) is 4.35. The molecule has 0 amide bonds. The van der Waals surface area contributed by atoms with E-state index >= 15 is 0 Å². The highest BCUT2D eigenvalue weighted by Crippen LogP contribution is 2.29. The minimum atomic E-state index is 0.307. The predicted octanol–water partition coefficient (Wildman–Crippen LogP) is 2.56. The van der Waals surface area contributed by atoms with Gasteiger partial charge in [0.1, 0.15) is 0 Å². The van der Waals surface area contributed by atoms with E-state index < -0.39 is 0 Å². The second-order valence-corrected chi connectivity index (χ2v) is 4.95. The minimum absolute atomic E-state index is 0.307. The Morgan fingerprint density at radius 3 is 2.50 bits per heavy atom. The number of aromatic nitrogens is 1. The van der Waals surface area contributed by atoms with E-state index in [-0.39, 0.29) is 0 Å². The normalized spacial score (nSPS) is 14.0. The lowest BCUT2D eigenvalue weighted by Gasteiger charge is -2.24. The van der Waals surface area contributed by atoms with E-state index in [1.54, 1.807) is 0 Å². The van der Waals surface area contributed by atoms with Gasteiger partial charge in [-0.3, -0.25) is 4.98 Å². The van der Waals surface area contributed by atoms with Crippen molar-refractivity contribution in [2.24, 2.45) is 11.1 Å². The van der Waals surface area contributed by atoms with Crippen LogP contribution in [0.2, 0.25) is 0 Å². The standard InChI is InChI=1S/C12H20N2/c1-12(2,3)8-10(9-13)11-6-4-5-7-14-11/h4-7,10H,8-9,13H2,1-3H3. The van der Waals surface area contributed by atoms with Crippen molar-refractivity contribution in [2.45, 2.75) is 33.1 Å². The summed E-state index contributed by atoms with van der Waals surface area (Å²) >= 11 is 0. The lowest BCUT2D eigenvalue weighted by Crippen LogP contribution is -2.20. The Bertz CT molecular complexity index is 261. The average molecular weight is 192 g/mol. The van der Waals surface area contributed by atoms with Crippen LogP contribution in [0.4, 0.5) is 0 Å². The largest absolute Gasteiger partial charge is 0.330 e. The smallest absolute Gasteiger partial charge is 0.0447 e. The summed E-state index contributed by atoms with van der Waals surface area (Å²) in [6, 6.07) is 6.02. The quantitative estimate of drug-likeness (QED) is 0.799. The average Bonchev–Trinajstić information content (AvgIpc) is 2.14. The Balaban J connectivity index is 2.73. The second-order valence-electron chi connectivity index (χ2n) is 4.95. The zero-order chi connectivity index (χ0) is 10.6. The molecule has 1 unspecified atom stereocenters. The van der Waals surface area contributed by atoms with Crippen molar-refractivity contribution in [3.63, 3.8) is 0 Å². The van der Waals surface area contributed by atoms with Crippen molar-refractivity contribution in [3.8, 4) is 0 Å². The van der Waals surface area contributed by atoms with Crippen molar-refractivity contribution in [1.82, 2.24) is 4.98 Å². The SMILES string of the molecule is CC(C)(C)CC(CN)c1ccccn1. The van der Waals surface area contributed by atoms with Crippen LogP contribution in [0.3, 0.4) is 0 Å². The summed E-state index contributed by atoms with van der Waals surface area (Å²) in [5.74, 6) is 0.385. The van der Waals surface area contributed by atoms with Crippen LogP contribution in [-0.2, 0) is 0 Å². The molecule has 1 aromatic rings. The predicted molar refractivity (Wildman–Crippen MR) is 60.1 cm³/mol. The molecule has 1 heterocycles. The summed E-state index contributed by atoms with van der Waals surface area (Å²) in [5, 5.41) is 0. The first kappa shape index (κ1) is 11.2. The molecule has 2 N–H and O–H groups in total. The molecule has 0 aromatic carbocycles. The Labute approximate surface area is 86.5 Å². The highest BCUT2D eigenvalue weighted by molar-refractivity contribution is 5.10. The number of rotatable bonds is 3. The number of nitrogens with two attached hydrogens (primary N) is 1. The molecular formula is C12H20N2. The number of nitrogens with zero attached hydrogens (tertiary/aromatic N) is 1. The highest BCUT2D eigenvalue weighted by Gasteiger charge is 2.19. The van der Waals surface area contributed by atoms with E-state index in [2.05, 4.69) is 31.8 Å². The molecule has 0 aliphatic heterocycles. The van der Waals surface area contributed by atoms with Crippen LogP contribution < -0.4 is 5.73 Å². The molecule has 0 bridgehead atoms. The summed E-state index contributed by atoms with van der Waals surface area (Å²) in [7, 11) is 0. The summed E-state index contributed by atoms with van der Waals surface area (Å²) < 4.78 is 0. The molecule has 0 saturated carbocycles. The van der Waals surface area contributed by atoms with Crippen LogP contribution in [0.1, 0.15) is 38.8 Å². The number of pyridine rings is 1. The van der Waals surface area contributed by atoms with Gasteiger partial charge in [0.25, 0.3) is 0 Å². The third-order valence-corrected chi connectivity index (χ3v) is 2.25. The molecule has 1 rings (SSSR count). The Morgan fingerprint density at radius 2 is 2.07 bits per heavy atom. The fourth-order valence-corrected chi connectivity index (χ4v) is 1.67. The van der Waals surface area contributed by atoms with Crippen molar-refractivity contribution < 1.29 is 0 Å². The van der Waals surface area contributed by atoms with Gasteiger partial charge in [-0.05, 0) is 24.0 Å². The molecule has 0 spiro atoms. The monoisotopic (exact) mass is 192 g/mol. The van der Waals surface area contributed by atoms with E-state index in [1.807, 2.05) is 18.3 Å². The molecule has 2 nitrogen and oxygen atoms in total. The number of hydrogen-bond donors (Lipinski definition) is 1. The molecule has 0 fully saturated rings. The van der Waals surface area contributed by atoms with E-state index in [1.165, 1.54) is 0 Å². The lowest BCUT2D eigenvalue weighted by molar-refractivity contribution is 0.339. The minimum Gasteiger partial charge on any atom is -0.330 e. The maximum absolute atomic E-state index is 5.77. The van der Waals surface area contributed by atoms with E-state index in [9.17, 15) is 0 Å². The van der Waals surface area contributed by atoms with Crippen LogP contribution in [0.5, 0.6) is 0 Å². The topological polar surface area (TPSA) is 38.9 Å². The first-order valence-electron chi connectivity index (χ1n) is 5.14. The van der Waals surface area contributed by atoms with Crippen molar-refractivity contribution in [1.29, 1.82) is 0 Å². The molecule has 0 saturated heterocycles. The molecule has 78 valence electrons. The van der Waals surface area contributed by atoms with Gasteiger partial charge in [0.15, 0.2) is 0 Å². The Hall–Kier alpha value is -0.890. The fraction of sp³-hybridized carbons (Fsp3) is 0.583. The molecule has 1 atom stereocenters. The second kappa shape index (κ2) is 4.56. The van der Waals surface area contributed by atoms with Gasteiger partial charge >= 0.3 is 0 Å². The molecule has 0 aliphatic carbocycles. The van der Waals surface area contributed by atoms with Crippen LogP contribution in [0, 0.1) is 5.41 Å². The van der Waals surface area contributed by atoms with Crippen LogP contribution >= 0.6 is 0 Å². The third-order valence-electron chi connectivity index (χ3n) is 2.25. The molecule has 14 heavy (non-hydrogen) atoms. The highest BCUT2D eigenvalue weighted by atomic mass is 14.7. The fourth-order valence-electron chi connectivity index (χ4n) is 1.67. The molecule has 0 radical (unpaired) electrons. The van der Waals surface area contributed by atoms with Gasteiger partial charge in [-0.25, -0.2) is 0 Å². The molecule has 1 aromatic heterocycles. The summed E-state index contributed by atoms with van der Waals surface area (Å²) in [6.45, 7) is 7.38. The van der Waals surface area contributed by atoms with Crippen molar-refractivity contribution in [3.05, 3.63) is 30.1 Å². The Kier molecular flexibility index (Phi) is 3.64. The van der Waals surface area contributed by atoms with Gasteiger partial charge in [0.2, 0.25) is 0 Å². The van der Waals surface area contributed by atoms with Crippen molar-refractivity contribution in [2.75, 3.05) is 6.54 Å². The van der Waals surface area contributed by atoms with E-state index in [4.69, 9.17) is 5.73 Å². The first-order chi connectivity index (χ1) is 6.53. The van der Waals surface area contributed by atoms with Gasteiger partial charge in [-0.2, -0.15) is 0 Å². The van der Waals surface area contributed by atoms with Crippen LogP contribution in [-0.4, -0.2) is 11.5 Å². The molecular weight excluding hydrogens is 172 g/mol. The Morgan fingerprint density at radius 1 is 1.36 bits per heavy atom. The van der Waals surface area contributed by atoms with Crippen LogP contribution in [0.15, 0.2) is 24.4 Å².